The van der Waals surface area contributed by atoms with Crippen LogP contribution < -0.4 is 10.2 Å². The molecule has 46 heavy (non-hydrogen) atoms. The monoisotopic (exact) mass is 609 g/mol. The maximum Gasteiger partial charge on any atom is 0.0562 e. The molecule has 2 aliphatic rings. The Balaban J connectivity index is 1.12. The van der Waals surface area contributed by atoms with Crippen LogP contribution in [0.25, 0.3) is 27.5 Å². The van der Waals surface area contributed by atoms with Crippen molar-refractivity contribution in [3.63, 3.8) is 0 Å². The molecule has 220 valence electrons. The molecule has 6 aromatic carbocycles. The van der Waals surface area contributed by atoms with Gasteiger partial charge in [-0.1, -0.05) is 96.7 Å². The van der Waals surface area contributed by atoms with Gasteiger partial charge in [-0.25, -0.2) is 0 Å². The third kappa shape index (κ3) is 4.61. The second-order valence-electron chi connectivity index (χ2n) is 11.8. The SMILES string of the molecule is C1=CC2=C(Sc3ccccc3Nc3ccc(-n4c5ccccc5c5c(N(c6ccccc6)c6ccccc6)cccc54)cc3)C2C1. The van der Waals surface area contributed by atoms with E-state index in [1.54, 1.807) is 0 Å². The van der Waals surface area contributed by atoms with Crippen molar-refractivity contribution in [3.8, 4) is 5.69 Å². The Kier molecular flexibility index (Phi) is 6.53. The second kappa shape index (κ2) is 11.2. The third-order valence-electron chi connectivity index (χ3n) is 9.02. The van der Waals surface area contributed by atoms with Crippen LogP contribution in [0.1, 0.15) is 6.42 Å². The van der Waals surface area contributed by atoms with E-state index < -0.39 is 0 Å². The number of para-hydroxylation sites is 4. The summed E-state index contributed by atoms with van der Waals surface area (Å²) in [7, 11) is 0. The van der Waals surface area contributed by atoms with Crippen molar-refractivity contribution in [1.82, 2.24) is 4.57 Å². The lowest BCUT2D eigenvalue weighted by atomic mass is 10.1. The van der Waals surface area contributed by atoms with Crippen LogP contribution in [-0.2, 0) is 0 Å². The van der Waals surface area contributed by atoms with Gasteiger partial charge in [0.25, 0.3) is 0 Å². The van der Waals surface area contributed by atoms with Gasteiger partial charge in [0, 0.05) is 49.2 Å². The van der Waals surface area contributed by atoms with E-state index in [9.17, 15) is 0 Å². The van der Waals surface area contributed by atoms with Gasteiger partial charge < -0.3 is 14.8 Å². The molecule has 2 aliphatic carbocycles. The standard InChI is InChI=1S/C42H31N3S/c1-3-13-30(14-4-1)44(31-15-5-2-6-16-31)38-22-12-23-39-41(38)35-17-7-9-21-37(35)45(39)32-27-25-29(26-28-32)43-36-20-8-10-24-40(36)46-42-33-18-11-19-34(33)42/h1-18,20-28,34,43H,19H2. The third-order valence-corrected chi connectivity index (χ3v) is 10.3. The average molecular weight is 610 g/mol. The Hall–Kier alpha value is -5.45. The molecule has 3 nitrogen and oxygen atoms in total. The lowest BCUT2D eigenvalue weighted by Gasteiger charge is -2.26. The zero-order chi connectivity index (χ0) is 30.5. The number of rotatable bonds is 8. The summed E-state index contributed by atoms with van der Waals surface area (Å²) >= 11 is 1.91. The molecule has 0 bridgehead atoms. The number of aromatic nitrogens is 1. The Bertz CT molecular complexity index is 2240. The van der Waals surface area contributed by atoms with Gasteiger partial charge in [-0.15, -0.1) is 0 Å². The second-order valence-corrected chi connectivity index (χ2v) is 12.9. The maximum absolute atomic E-state index is 3.70. The highest BCUT2D eigenvalue weighted by atomic mass is 32.2. The Morgan fingerprint density at radius 1 is 0.630 bits per heavy atom. The smallest absolute Gasteiger partial charge is 0.0562 e. The van der Waals surface area contributed by atoms with Crippen LogP contribution in [0, 0.1) is 5.92 Å². The van der Waals surface area contributed by atoms with Gasteiger partial charge in [0.2, 0.25) is 0 Å². The molecule has 7 aromatic rings. The first-order chi connectivity index (χ1) is 22.8. The zero-order valence-corrected chi connectivity index (χ0v) is 26.0. The Morgan fingerprint density at radius 2 is 1.30 bits per heavy atom. The first-order valence-electron chi connectivity index (χ1n) is 15.8. The van der Waals surface area contributed by atoms with Crippen molar-refractivity contribution in [2.75, 3.05) is 10.2 Å². The molecule has 0 radical (unpaired) electrons. The molecule has 0 saturated carbocycles. The fourth-order valence-corrected chi connectivity index (χ4v) is 8.08. The van der Waals surface area contributed by atoms with Gasteiger partial charge >= 0.3 is 0 Å². The summed E-state index contributed by atoms with van der Waals surface area (Å²) in [6, 6.07) is 54.2. The number of hydrogen-bond acceptors (Lipinski definition) is 3. The van der Waals surface area contributed by atoms with Crippen molar-refractivity contribution in [3.05, 3.63) is 174 Å². The highest BCUT2D eigenvalue weighted by Gasteiger charge is 2.37. The summed E-state index contributed by atoms with van der Waals surface area (Å²) in [5, 5.41) is 6.16. The highest BCUT2D eigenvalue weighted by Crippen LogP contribution is 2.56. The molecule has 0 fully saturated rings. The first kappa shape index (κ1) is 26.9. The van der Waals surface area contributed by atoms with Crippen molar-refractivity contribution in [1.29, 1.82) is 0 Å². The Morgan fingerprint density at radius 3 is 2.04 bits per heavy atom. The molecule has 0 amide bonds. The minimum absolute atomic E-state index is 0.663. The number of hydrogen-bond donors (Lipinski definition) is 1. The van der Waals surface area contributed by atoms with Crippen LogP contribution in [-0.4, -0.2) is 4.57 Å². The summed E-state index contributed by atoms with van der Waals surface area (Å²) in [6.07, 6.45) is 5.74. The number of nitrogens with one attached hydrogen (secondary N) is 1. The van der Waals surface area contributed by atoms with Crippen molar-refractivity contribution in [2.45, 2.75) is 11.3 Å². The van der Waals surface area contributed by atoms with Crippen molar-refractivity contribution in [2.24, 2.45) is 5.92 Å². The molecule has 0 spiro atoms. The van der Waals surface area contributed by atoms with Gasteiger partial charge in [0.15, 0.2) is 0 Å². The number of nitrogens with zero attached hydrogens (tertiary/aromatic N) is 2. The first-order valence-corrected chi connectivity index (χ1v) is 16.6. The minimum Gasteiger partial charge on any atom is -0.355 e. The highest BCUT2D eigenvalue weighted by molar-refractivity contribution is 8.03. The summed E-state index contributed by atoms with van der Waals surface area (Å²) in [4.78, 5) is 5.16. The molecule has 1 heterocycles. The normalized spacial score (nSPS) is 15.0. The fraction of sp³-hybridized carbons (Fsp3) is 0.0476. The molecule has 9 rings (SSSR count). The molecule has 1 N–H and O–H groups in total. The van der Waals surface area contributed by atoms with Gasteiger partial charge in [0.1, 0.15) is 0 Å². The Labute approximate surface area is 273 Å². The van der Waals surface area contributed by atoms with E-state index in [0.29, 0.717) is 5.92 Å². The van der Waals surface area contributed by atoms with E-state index in [-0.39, 0.29) is 0 Å². The number of thioether (sulfide) groups is 1. The zero-order valence-electron chi connectivity index (χ0n) is 25.2. The van der Waals surface area contributed by atoms with E-state index in [1.165, 1.54) is 37.2 Å². The lowest BCUT2D eigenvalue weighted by Crippen LogP contribution is -2.10. The van der Waals surface area contributed by atoms with Gasteiger partial charge in [-0.3, -0.25) is 0 Å². The van der Waals surface area contributed by atoms with E-state index in [0.717, 1.165) is 40.5 Å². The van der Waals surface area contributed by atoms with Crippen LogP contribution in [0.5, 0.6) is 0 Å². The number of allylic oxidation sites excluding steroid dienone is 4. The largest absolute Gasteiger partial charge is 0.355 e. The summed E-state index contributed by atoms with van der Waals surface area (Å²) in [5.41, 5.74) is 10.7. The minimum atomic E-state index is 0.663. The predicted octanol–water partition coefficient (Wildman–Crippen LogP) is 11.9. The van der Waals surface area contributed by atoms with Crippen LogP contribution >= 0.6 is 11.8 Å². The predicted molar refractivity (Wildman–Crippen MR) is 195 cm³/mol. The molecule has 4 heteroatoms. The number of benzene rings is 6. The van der Waals surface area contributed by atoms with E-state index >= 15 is 0 Å². The molecular formula is C42H31N3S. The molecular weight excluding hydrogens is 579 g/mol. The lowest BCUT2D eigenvalue weighted by molar-refractivity contribution is 0.947. The summed E-state index contributed by atoms with van der Waals surface area (Å²) in [6.45, 7) is 0. The van der Waals surface area contributed by atoms with E-state index in [4.69, 9.17) is 0 Å². The number of anilines is 5. The molecule has 0 saturated heterocycles. The van der Waals surface area contributed by atoms with Gasteiger partial charge in [0.05, 0.1) is 22.4 Å². The molecule has 1 unspecified atom stereocenters. The quantitative estimate of drug-likeness (QED) is 0.185. The van der Waals surface area contributed by atoms with Crippen LogP contribution in [0.2, 0.25) is 0 Å². The fourth-order valence-electron chi connectivity index (χ4n) is 6.83. The van der Waals surface area contributed by atoms with E-state index in [2.05, 4.69) is 179 Å². The van der Waals surface area contributed by atoms with Crippen LogP contribution in [0.4, 0.5) is 28.4 Å². The topological polar surface area (TPSA) is 20.2 Å². The average Bonchev–Trinajstić information content (AvgIpc) is 3.40. The molecule has 1 aromatic heterocycles. The van der Waals surface area contributed by atoms with E-state index in [1.807, 2.05) is 11.8 Å². The summed E-state index contributed by atoms with van der Waals surface area (Å²) < 4.78 is 2.39. The van der Waals surface area contributed by atoms with Crippen molar-refractivity contribution >= 4 is 62.0 Å². The maximum atomic E-state index is 3.70. The van der Waals surface area contributed by atoms with Crippen LogP contribution in [0.3, 0.4) is 0 Å². The molecule has 1 atom stereocenters. The van der Waals surface area contributed by atoms with Gasteiger partial charge in [-0.05, 0) is 90.9 Å². The van der Waals surface area contributed by atoms with Crippen molar-refractivity contribution < 1.29 is 0 Å². The van der Waals surface area contributed by atoms with Gasteiger partial charge in [-0.2, -0.15) is 0 Å². The van der Waals surface area contributed by atoms with Crippen LogP contribution in [0.15, 0.2) is 179 Å². The molecule has 0 aliphatic heterocycles. The summed E-state index contributed by atoms with van der Waals surface area (Å²) in [5.74, 6) is 0.663. The number of fused-ring (bicyclic) bond motifs is 4.